The van der Waals surface area contributed by atoms with Crippen LogP contribution >= 0.6 is 27.7 Å². The van der Waals surface area contributed by atoms with Crippen LogP contribution in [0.3, 0.4) is 0 Å². The molecule has 0 aromatic heterocycles. The first kappa shape index (κ1) is 16.6. The molecule has 0 saturated carbocycles. The molecular formula is C16H15BrN2O2S. The fraction of sp³-hybridized carbons (Fsp3) is 0.125. The summed E-state index contributed by atoms with van der Waals surface area (Å²) in [5, 5.41) is -0.322. The summed E-state index contributed by atoms with van der Waals surface area (Å²) in [5.74, 6) is -0.591. The first-order valence-corrected chi connectivity index (χ1v) is 8.31. The van der Waals surface area contributed by atoms with Gasteiger partial charge in [0.05, 0.1) is 5.25 Å². The van der Waals surface area contributed by atoms with E-state index in [1.165, 1.54) is 11.8 Å². The highest BCUT2D eigenvalue weighted by Crippen LogP contribution is 2.24. The Morgan fingerprint density at radius 2 is 1.64 bits per heavy atom. The summed E-state index contributed by atoms with van der Waals surface area (Å²) >= 11 is 4.79. The second-order valence-corrected chi connectivity index (χ2v) is 6.85. The van der Waals surface area contributed by atoms with Crippen LogP contribution in [0.2, 0.25) is 0 Å². The summed E-state index contributed by atoms with van der Waals surface area (Å²) in [6.45, 7) is 1.79. The minimum absolute atomic E-state index is 0.253. The summed E-state index contributed by atoms with van der Waals surface area (Å²) in [7, 11) is 0. The SMILES string of the molecule is C[C@@H](Sc1ccc(Br)cc1)C(=O)NNC(=O)c1ccccc1. The largest absolute Gasteiger partial charge is 0.272 e. The van der Waals surface area contributed by atoms with Gasteiger partial charge in [-0.3, -0.25) is 20.4 Å². The molecule has 0 saturated heterocycles. The molecule has 2 amide bonds. The number of hydrogen-bond acceptors (Lipinski definition) is 3. The van der Waals surface area contributed by atoms with Gasteiger partial charge in [0.1, 0.15) is 0 Å². The Balaban J connectivity index is 1.84. The maximum absolute atomic E-state index is 12.0. The Kier molecular flexibility index (Phi) is 6.03. The van der Waals surface area contributed by atoms with E-state index in [0.29, 0.717) is 5.56 Å². The Bertz CT molecular complexity index is 647. The van der Waals surface area contributed by atoms with Crippen molar-refractivity contribution in [1.82, 2.24) is 10.9 Å². The standard InChI is InChI=1S/C16H15BrN2O2S/c1-11(22-14-9-7-13(17)8-10-14)15(20)18-19-16(21)12-5-3-2-4-6-12/h2-11H,1H3,(H,18,20)(H,19,21)/t11-/m1/s1. The van der Waals surface area contributed by atoms with Crippen molar-refractivity contribution in [3.05, 3.63) is 64.6 Å². The molecule has 22 heavy (non-hydrogen) atoms. The fourth-order valence-electron chi connectivity index (χ4n) is 1.65. The lowest BCUT2D eigenvalue weighted by atomic mass is 10.2. The molecule has 2 aromatic carbocycles. The second kappa shape index (κ2) is 8.00. The quantitative estimate of drug-likeness (QED) is 0.633. The third kappa shape index (κ3) is 4.89. The van der Waals surface area contributed by atoms with Gasteiger partial charge in [0, 0.05) is 14.9 Å². The van der Waals surface area contributed by atoms with Gasteiger partial charge in [0.25, 0.3) is 11.8 Å². The zero-order valence-electron chi connectivity index (χ0n) is 11.9. The molecule has 1 atom stereocenters. The van der Waals surface area contributed by atoms with Crippen molar-refractivity contribution in [1.29, 1.82) is 0 Å². The molecule has 2 rings (SSSR count). The molecule has 0 unspecified atom stereocenters. The van der Waals surface area contributed by atoms with Gasteiger partial charge in [-0.05, 0) is 43.3 Å². The van der Waals surface area contributed by atoms with E-state index in [0.717, 1.165) is 9.37 Å². The van der Waals surface area contributed by atoms with Gasteiger partial charge in [-0.1, -0.05) is 34.1 Å². The first-order valence-electron chi connectivity index (χ1n) is 6.64. The predicted molar refractivity (Wildman–Crippen MR) is 91.5 cm³/mol. The topological polar surface area (TPSA) is 58.2 Å². The van der Waals surface area contributed by atoms with Crippen LogP contribution in [0.5, 0.6) is 0 Å². The highest BCUT2D eigenvalue weighted by atomic mass is 79.9. The summed E-state index contributed by atoms with van der Waals surface area (Å²) < 4.78 is 0.990. The Morgan fingerprint density at radius 3 is 2.27 bits per heavy atom. The summed E-state index contributed by atoms with van der Waals surface area (Å²) in [4.78, 5) is 24.8. The van der Waals surface area contributed by atoms with Crippen LogP contribution in [0.25, 0.3) is 0 Å². The summed E-state index contributed by atoms with van der Waals surface area (Å²) in [6, 6.07) is 16.4. The van der Waals surface area contributed by atoms with E-state index in [1.54, 1.807) is 31.2 Å². The number of hydrazine groups is 1. The minimum atomic E-state index is -0.338. The Hall–Kier alpha value is -1.79. The van der Waals surface area contributed by atoms with E-state index in [2.05, 4.69) is 26.8 Å². The van der Waals surface area contributed by atoms with Crippen LogP contribution in [-0.2, 0) is 4.79 Å². The minimum Gasteiger partial charge on any atom is -0.272 e. The van der Waals surface area contributed by atoms with Crippen molar-refractivity contribution in [2.24, 2.45) is 0 Å². The average molecular weight is 379 g/mol. The molecule has 2 N–H and O–H groups in total. The van der Waals surface area contributed by atoms with E-state index in [9.17, 15) is 9.59 Å². The van der Waals surface area contributed by atoms with Crippen molar-refractivity contribution in [3.8, 4) is 0 Å². The monoisotopic (exact) mass is 378 g/mol. The fourth-order valence-corrected chi connectivity index (χ4v) is 2.78. The molecule has 0 aliphatic carbocycles. The molecule has 6 heteroatoms. The van der Waals surface area contributed by atoms with E-state index in [1.807, 2.05) is 30.3 Å². The van der Waals surface area contributed by atoms with Crippen LogP contribution in [0.1, 0.15) is 17.3 Å². The number of amides is 2. The number of thioether (sulfide) groups is 1. The highest BCUT2D eigenvalue weighted by molar-refractivity contribution is 9.10. The average Bonchev–Trinajstić information content (AvgIpc) is 2.55. The zero-order valence-corrected chi connectivity index (χ0v) is 14.3. The van der Waals surface area contributed by atoms with Gasteiger partial charge in [-0.15, -0.1) is 11.8 Å². The van der Waals surface area contributed by atoms with Gasteiger partial charge in [0.15, 0.2) is 0 Å². The first-order chi connectivity index (χ1) is 10.6. The van der Waals surface area contributed by atoms with E-state index in [4.69, 9.17) is 0 Å². The van der Waals surface area contributed by atoms with Gasteiger partial charge in [0.2, 0.25) is 0 Å². The number of carbonyl (C=O) groups is 2. The number of carbonyl (C=O) groups excluding carboxylic acids is 2. The van der Waals surface area contributed by atoms with Gasteiger partial charge in [-0.25, -0.2) is 0 Å². The maximum Gasteiger partial charge on any atom is 0.269 e. The van der Waals surface area contributed by atoms with Crippen LogP contribution in [0, 0.1) is 0 Å². The Morgan fingerprint density at radius 1 is 1.00 bits per heavy atom. The molecular weight excluding hydrogens is 364 g/mol. The van der Waals surface area contributed by atoms with Gasteiger partial charge >= 0.3 is 0 Å². The molecule has 2 aromatic rings. The lowest BCUT2D eigenvalue weighted by Gasteiger charge is -2.12. The molecule has 0 aliphatic rings. The van der Waals surface area contributed by atoms with Gasteiger partial charge in [-0.2, -0.15) is 0 Å². The zero-order chi connectivity index (χ0) is 15.9. The number of halogens is 1. The molecule has 0 fully saturated rings. The highest BCUT2D eigenvalue weighted by Gasteiger charge is 2.15. The summed E-state index contributed by atoms with van der Waals surface area (Å²) in [5.41, 5.74) is 5.36. The third-order valence-corrected chi connectivity index (χ3v) is 4.47. The van der Waals surface area contributed by atoms with Crippen LogP contribution in [-0.4, -0.2) is 17.1 Å². The normalized spacial score (nSPS) is 11.5. The number of benzene rings is 2. The van der Waals surface area contributed by atoms with E-state index in [-0.39, 0.29) is 17.1 Å². The van der Waals surface area contributed by atoms with Crippen LogP contribution < -0.4 is 10.9 Å². The number of hydrogen-bond donors (Lipinski definition) is 2. The Labute approximate surface area is 141 Å². The van der Waals surface area contributed by atoms with Crippen LogP contribution in [0.15, 0.2) is 64.0 Å². The molecule has 0 heterocycles. The molecule has 114 valence electrons. The van der Waals surface area contributed by atoms with Crippen molar-refractivity contribution >= 4 is 39.5 Å². The smallest absolute Gasteiger partial charge is 0.269 e. The van der Waals surface area contributed by atoms with Crippen LogP contribution in [0.4, 0.5) is 0 Å². The van der Waals surface area contributed by atoms with E-state index < -0.39 is 0 Å². The molecule has 0 bridgehead atoms. The lowest BCUT2D eigenvalue weighted by molar-refractivity contribution is -0.121. The van der Waals surface area contributed by atoms with Crippen molar-refractivity contribution in [3.63, 3.8) is 0 Å². The maximum atomic E-state index is 12.0. The van der Waals surface area contributed by atoms with Crippen molar-refractivity contribution < 1.29 is 9.59 Å². The van der Waals surface area contributed by atoms with E-state index >= 15 is 0 Å². The van der Waals surface area contributed by atoms with Crippen molar-refractivity contribution in [2.75, 3.05) is 0 Å². The molecule has 0 aliphatic heterocycles. The molecule has 0 radical (unpaired) electrons. The lowest BCUT2D eigenvalue weighted by Crippen LogP contribution is -2.44. The number of nitrogens with one attached hydrogen (secondary N) is 2. The second-order valence-electron chi connectivity index (χ2n) is 4.52. The molecule has 0 spiro atoms. The van der Waals surface area contributed by atoms with Gasteiger partial charge < -0.3 is 0 Å². The molecule has 4 nitrogen and oxygen atoms in total. The predicted octanol–water partition coefficient (Wildman–Crippen LogP) is 3.39. The third-order valence-electron chi connectivity index (χ3n) is 2.83. The summed E-state index contributed by atoms with van der Waals surface area (Å²) in [6.07, 6.45) is 0. The van der Waals surface area contributed by atoms with Crippen molar-refractivity contribution in [2.45, 2.75) is 17.1 Å². The number of rotatable bonds is 4.